The fourth-order valence-electron chi connectivity index (χ4n) is 2.01. The quantitative estimate of drug-likeness (QED) is 0.361. The van der Waals surface area contributed by atoms with Crippen molar-refractivity contribution >= 4 is 5.78 Å². The smallest absolute Gasteiger partial charge is 0.129 e. The SMILES string of the molecule is CCCCCCC(C)=O.CCCCCCCCCC. The lowest BCUT2D eigenvalue weighted by Crippen LogP contribution is -1.88. The van der Waals surface area contributed by atoms with Gasteiger partial charge in [0.25, 0.3) is 0 Å². The van der Waals surface area contributed by atoms with E-state index < -0.39 is 0 Å². The minimum atomic E-state index is 0.325. The van der Waals surface area contributed by atoms with Crippen LogP contribution in [0.15, 0.2) is 0 Å². The van der Waals surface area contributed by atoms with Crippen LogP contribution < -0.4 is 0 Å². The molecule has 19 heavy (non-hydrogen) atoms. The van der Waals surface area contributed by atoms with Crippen molar-refractivity contribution in [2.45, 2.75) is 111 Å². The maximum absolute atomic E-state index is 10.4. The van der Waals surface area contributed by atoms with Crippen molar-refractivity contribution in [2.24, 2.45) is 0 Å². The number of Topliss-reactive ketones (excluding diaryl/α,β-unsaturated/α-hetero) is 1. The molecule has 0 fully saturated rings. The molecule has 0 bridgehead atoms. The molecule has 0 aromatic heterocycles. The Bertz CT molecular complexity index is 155. The summed E-state index contributed by atoms with van der Waals surface area (Å²) < 4.78 is 0. The van der Waals surface area contributed by atoms with Gasteiger partial charge in [-0.3, -0.25) is 0 Å². The predicted molar refractivity (Wildman–Crippen MR) is 87.7 cm³/mol. The predicted octanol–water partition coefficient (Wildman–Crippen LogP) is 6.69. The van der Waals surface area contributed by atoms with E-state index in [1.165, 1.54) is 70.6 Å². The fourth-order valence-corrected chi connectivity index (χ4v) is 2.01. The van der Waals surface area contributed by atoms with E-state index >= 15 is 0 Å². The van der Waals surface area contributed by atoms with E-state index in [1.54, 1.807) is 6.92 Å². The number of ketones is 1. The highest BCUT2D eigenvalue weighted by Gasteiger charge is 1.91. The van der Waals surface area contributed by atoms with Gasteiger partial charge in [-0.1, -0.05) is 91.4 Å². The number of hydrogen-bond donors (Lipinski definition) is 0. The minimum Gasteiger partial charge on any atom is -0.300 e. The second kappa shape index (κ2) is 20.0. The molecule has 0 heterocycles. The summed E-state index contributed by atoms with van der Waals surface area (Å²) in [6.45, 7) is 8.37. The van der Waals surface area contributed by atoms with E-state index in [2.05, 4.69) is 20.8 Å². The van der Waals surface area contributed by atoms with Crippen molar-refractivity contribution in [1.82, 2.24) is 0 Å². The number of hydrogen-bond acceptors (Lipinski definition) is 1. The number of carbonyl (C=O) groups is 1. The first kappa shape index (κ1) is 21.0. The summed E-state index contributed by atoms with van der Waals surface area (Å²) in [6, 6.07) is 0. The lowest BCUT2D eigenvalue weighted by Gasteiger charge is -1.97. The average molecular weight is 271 g/mol. The Hall–Kier alpha value is -0.330. The van der Waals surface area contributed by atoms with Gasteiger partial charge in [0.2, 0.25) is 0 Å². The van der Waals surface area contributed by atoms with E-state index in [0.717, 1.165) is 12.8 Å². The van der Waals surface area contributed by atoms with Crippen LogP contribution in [-0.2, 0) is 4.79 Å². The topological polar surface area (TPSA) is 17.1 Å². The van der Waals surface area contributed by atoms with E-state index in [4.69, 9.17) is 0 Å². The molecule has 0 rings (SSSR count). The monoisotopic (exact) mass is 270 g/mol. The maximum atomic E-state index is 10.4. The van der Waals surface area contributed by atoms with Crippen molar-refractivity contribution in [3.05, 3.63) is 0 Å². The molecule has 0 saturated heterocycles. The third kappa shape index (κ3) is 27.0. The van der Waals surface area contributed by atoms with E-state index in [0.29, 0.717) is 5.78 Å². The molecule has 0 aromatic rings. The van der Waals surface area contributed by atoms with Crippen LogP contribution >= 0.6 is 0 Å². The summed E-state index contributed by atoms with van der Waals surface area (Å²) >= 11 is 0. The summed E-state index contributed by atoms with van der Waals surface area (Å²) in [5.74, 6) is 0.325. The highest BCUT2D eigenvalue weighted by molar-refractivity contribution is 5.75. The number of rotatable bonds is 12. The van der Waals surface area contributed by atoms with Gasteiger partial charge in [-0.05, 0) is 13.3 Å². The third-order valence-corrected chi connectivity index (χ3v) is 3.34. The second-order valence-electron chi connectivity index (χ2n) is 5.63. The summed E-state index contributed by atoms with van der Waals surface area (Å²) in [6.07, 6.45) is 17.1. The third-order valence-electron chi connectivity index (χ3n) is 3.34. The van der Waals surface area contributed by atoms with Gasteiger partial charge >= 0.3 is 0 Å². The van der Waals surface area contributed by atoms with Crippen molar-refractivity contribution < 1.29 is 4.79 Å². The fraction of sp³-hybridized carbons (Fsp3) is 0.944. The van der Waals surface area contributed by atoms with Crippen LogP contribution in [0.3, 0.4) is 0 Å². The Morgan fingerprint density at radius 3 is 1.21 bits per heavy atom. The van der Waals surface area contributed by atoms with Gasteiger partial charge in [0, 0.05) is 6.42 Å². The molecule has 0 aromatic carbocycles. The second-order valence-corrected chi connectivity index (χ2v) is 5.63. The largest absolute Gasteiger partial charge is 0.300 e. The van der Waals surface area contributed by atoms with Crippen LogP contribution in [0.5, 0.6) is 0 Å². The minimum absolute atomic E-state index is 0.325. The molecular weight excluding hydrogens is 232 g/mol. The molecule has 0 unspecified atom stereocenters. The van der Waals surface area contributed by atoms with Crippen LogP contribution in [0.4, 0.5) is 0 Å². The Balaban J connectivity index is 0. The van der Waals surface area contributed by atoms with Crippen LogP contribution in [-0.4, -0.2) is 5.78 Å². The Labute approximate surface area is 122 Å². The van der Waals surface area contributed by atoms with Gasteiger partial charge in [0.1, 0.15) is 5.78 Å². The standard InChI is InChI=1S/C10H22.C8H16O/c1-3-5-7-9-10-8-6-4-2;1-3-4-5-6-7-8(2)9/h3-10H2,1-2H3;3-7H2,1-2H3. The van der Waals surface area contributed by atoms with Gasteiger partial charge in [-0.15, -0.1) is 0 Å². The van der Waals surface area contributed by atoms with E-state index in [1.807, 2.05) is 0 Å². The molecular formula is C18H38O. The highest BCUT2D eigenvalue weighted by atomic mass is 16.1. The van der Waals surface area contributed by atoms with Crippen LogP contribution in [0, 0.1) is 0 Å². The highest BCUT2D eigenvalue weighted by Crippen LogP contribution is 2.07. The van der Waals surface area contributed by atoms with Crippen LogP contribution in [0.25, 0.3) is 0 Å². The van der Waals surface area contributed by atoms with Crippen molar-refractivity contribution in [2.75, 3.05) is 0 Å². The van der Waals surface area contributed by atoms with Crippen molar-refractivity contribution in [3.8, 4) is 0 Å². The number of carbonyl (C=O) groups excluding carboxylic acids is 1. The average Bonchev–Trinajstić information content (AvgIpc) is 2.39. The van der Waals surface area contributed by atoms with Gasteiger partial charge in [0.05, 0.1) is 0 Å². The molecule has 0 amide bonds. The molecule has 1 nitrogen and oxygen atoms in total. The molecule has 0 aliphatic heterocycles. The molecule has 0 aliphatic carbocycles. The molecule has 0 spiro atoms. The summed E-state index contributed by atoms with van der Waals surface area (Å²) in [5, 5.41) is 0. The summed E-state index contributed by atoms with van der Waals surface area (Å²) in [7, 11) is 0. The molecule has 0 atom stereocenters. The van der Waals surface area contributed by atoms with E-state index in [-0.39, 0.29) is 0 Å². The zero-order valence-electron chi connectivity index (χ0n) is 14.1. The molecule has 1 heteroatoms. The van der Waals surface area contributed by atoms with Gasteiger partial charge < -0.3 is 4.79 Å². The molecule has 0 radical (unpaired) electrons. The summed E-state index contributed by atoms with van der Waals surface area (Å²) in [4.78, 5) is 10.4. The van der Waals surface area contributed by atoms with Crippen LogP contribution in [0.2, 0.25) is 0 Å². The maximum Gasteiger partial charge on any atom is 0.129 e. The van der Waals surface area contributed by atoms with Crippen LogP contribution in [0.1, 0.15) is 111 Å². The Morgan fingerprint density at radius 2 is 0.895 bits per heavy atom. The number of unbranched alkanes of at least 4 members (excludes halogenated alkanes) is 10. The van der Waals surface area contributed by atoms with Gasteiger partial charge in [-0.2, -0.15) is 0 Å². The van der Waals surface area contributed by atoms with Crippen molar-refractivity contribution in [1.29, 1.82) is 0 Å². The van der Waals surface area contributed by atoms with Gasteiger partial charge in [-0.25, -0.2) is 0 Å². The molecule has 0 aliphatic rings. The first-order valence-electron chi connectivity index (χ1n) is 8.68. The zero-order valence-corrected chi connectivity index (χ0v) is 14.1. The lowest BCUT2D eigenvalue weighted by atomic mass is 10.1. The van der Waals surface area contributed by atoms with E-state index in [9.17, 15) is 4.79 Å². The normalized spacial score (nSPS) is 9.89. The summed E-state index contributed by atoms with van der Waals surface area (Å²) in [5.41, 5.74) is 0. The first-order valence-corrected chi connectivity index (χ1v) is 8.68. The Morgan fingerprint density at radius 1 is 0.579 bits per heavy atom. The first-order chi connectivity index (χ1) is 9.18. The molecule has 0 N–H and O–H groups in total. The van der Waals surface area contributed by atoms with Crippen molar-refractivity contribution in [3.63, 3.8) is 0 Å². The molecule has 116 valence electrons. The van der Waals surface area contributed by atoms with Gasteiger partial charge in [0.15, 0.2) is 0 Å². The zero-order chi connectivity index (χ0) is 14.8. The Kier molecular flexibility index (Phi) is 22.1. The lowest BCUT2D eigenvalue weighted by molar-refractivity contribution is -0.117. The molecule has 0 saturated carbocycles.